The van der Waals surface area contributed by atoms with E-state index in [0.29, 0.717) is 13.1 Å². The van der Waals surface area contributed by atoms with Crippen LogP contribution in [0, 0.1) is 0 Å². The second kappa shape index (κ2) is 7.84. The van der Waals surface area contributed by atoms with Gasteiger partial charge in [-0.15, -0.1) is 0 Å². The van der Waals surface area contributed by atoms with E-state index in [4.69, 9.17) is 5.73 Å². The number of carbonyl (C=O) groups excluding carboxylic acids is 1. The molecule has 2 N–H and O–H groups in total. The SMILES string of the molecule is CN(C)C(=O)CN(CCCN)Cc1ccccc1. The average molecular weight is 249 g/mol. The lowest BCUT2D eigenvalue weighted by atomic mass is 10.2. The van der Waals surface area contributed by atoms with Crippen molar-refractivity contribution in [3.8, 4) is 0 Å². The lowest BCUT2D eigenvalue weighted by molar-refractivity contribution is -0.130. The molecule has 0 aromatic heterocycles. The van der Waals surface area contributed by atoms with E-state index in [2.05, 4.69) is 17.0 Å². The molecule has 0 atom stereocenters. The van der Waals surface area contributed by atoms with Crippen LogP contribution in [0.15, 0.2) is 30.3 Å². The Hall–Kier alpha value is -1.39. The number of likely N-dealkylation sites (N-methyl/N-ethyl adjacent to an activating group) is 1. The molecular formula is C14H23N3O. The fraction of sp³-hybridized carbons (Fsp3) is 0.500. The first-order valence-corrected chi connectivity index (χ1v) is 6.30. The van der Waals surface area contributed by atoms with Gasteiger partial charge in [0.1, 0.15) is 0 Å². The summed E-state index contributed by atoms with van der Waals surface area (Å²) in [4.78, 5) is 15.5. The van der Waals surface area contributed by atoms with Crippen LogP contribution in [0.3, 0.4) is 0 Å². The van der Waals surface area contributed by atoms with E-state index in [1.807, 2.05) is 18.2 Å². The molecule has 0 aliphatic rings. The van der Waals surface area contributed by atoms with Crippen LogP contribution in [0.2, 0.25) is 0 Å². The molecule has 4 nitrogen and oxygen atoms in total. The van der Waals surface area contributed by atoms with E-state index in [1.165, 1.54) is 5.56 Å². The lowest BCUT2D eigenvalue weighted by Crippen LogP contribution is -2.37. The monoisotopic (exact) mass is 249 g/mol. The number of hydrogen-bond acceptors (Lipinski definition) is 3. The maximum Gasteiger partial charge on any atom is 0.236 e. The van der Waals surface area contributed by atoms with E-state index < -0.39 is 0 Å². The number of nitrogens with two attached hydrogens (primary N) is 1. The molecule has 1 amide bonds. The van der Waals surface area contributed by atoms with Gasteiger partial charge in [-0.05, 0) is 18.5 Å². The van der Waals surface area contributed by atoms with E-state index in [0.717, 1.165) is 19.5 Å². The second-order valence-corrected chi connectivity index (χ2v) is 4.63. The van der Waals surface area contributed by atoms with E-state index in [9.17, 15) is 4.79 Å². The van der Waals surface area contributed by atoms with Gasteiger partial charge in [-0.25, -0.2) is 0 Å². The van der Waals surface area contributed by atoms with Crippen molar-refractivity contribution in [2.24, 2.45) is 5.73 Å². The molecule has 0 aliphatic heterocycles. The van der Waals surface area contributed by atoms with Gasteiger partial charge in [0.15, 0.2) is 0 Å². The summed E-state index contributed by atoms with van der Waals surface area (Å²) in [6, 6.07) is 10.2. The Labute approximate surface area is 109 Å². The van der Waals surface area contributed by atoms with Crippen molar-refractivity contribution < 1.29 is 4.79 Å². The van der Waals surface area contributed by atoms with Crippen LogP contribution < -0.4 is 5.73 Å². The Morgan fingerprint density at radius 1 is 1.22 bits per heavy atom. The van der Waals surface area contributed by atoms with Crippen molar-refractivity contribution in [3.05, 3.63) is 35.9 Å². The molecule has 1 aromatic carbocycles. The fourth-order valence-corrected chi connectivity index (χ4v) is 1.70. The number of hydrogen-bond donors (Lipinski definition) is 1. The molecule has 0 unspecified atom stereocenters. The normalized spacial score (nSPS) is 10.7. The molecule has 0 bridgehead atoms. The zero-order chi connectivity index (χ0) is 13.4. The standard InChI is InChI=1S/C14H23N3O/c1-16(2)14(18)12-17(10-6-9-15)11-13-7-4-3-5-8-13/h3-5,7-8H,6,9-12,15H2,1-2H3. The van der Waals surface area contributed by atoms with E-state index >= 15 is 0 Å². The quantitative estimate of drug-likeness (QED) is 0.782. The summed E-state index contributed by atoms with van der Waals surface area (Å²) < 4.78 is 0. The zero-order valence-electron chi connectivity index (χ0n) is 11.3. The molecule has 0 heterocycles. The van der Waals surface area contributed by atoms with Gasteiger partial charge in [-0.3, -0.25) is 9.69 Å². The van der Waals surface area contributed by atoms with Crippen LogP contribution in [-0.4, -0.2) is 49.4 Å². The van der Waals surface area contributed by atoms with Gasteiger partial charge in [0.25, 0.3) is 0 Å². The summed E-state index contributed by atoms with van der Waals surface area (Å²) >= 11 is 0. The molecule has 4 heteroatoms. The van der Waals surface area contributed by atoms with Crippen LogP contribution in [0.25, 0.3) is 0 Å². The molecule has 1 aromatic rings. The van der Waals surface area contributed by atoms with Gasteiger partial charge in [0, 0.05) is 27.2 Å². The molecular weight excluding hydrogens is 226 g/mol. The first-order valence-electron chi connectivity index (χ1n) is 6.30. The summed E-state index contributed by atoms with van der Waals surface area (Å²) in [7, 11) is 3.57. The Morgan fingerprint density at radius 2 is 1.89 bits per heavy atom. The third-order valence-electron chi connectivity index (χ3n) is 2.79. The van der Waals surface area contributed by atoms with Gasteiger partial charge in [-0.2, -0.15) is 0 Å². The molecule has 0 aliphatic carbocycles. The highest BCUT2D eigenvalue weighted by molar-refractivity contribution is 5.77. The molecule has 100 valence electrons. The molecule has 0 spiro atoms. The average Bonchev–Trinajstić information content (AvgIpc) is 2.37. The van der Waals surface area contributed by atoms with Gasteiger partial charge < -0.3 is 10.6 Å². The number of amides is 1. The van der Waals surface area contributed by atoms with Crippen LogP contribution in [0.4, 0.5) is 0 Å². The Balaban J connectivity index is 2.57. The predicted molar refractivity (Wildman–Crippen MR) is 74.1 cm³/mol. The Kier molecular flexibility index (Phi) is 6.39. The zero-order valence-corrected chi connectivity index (χ0v) is 11.3. The van der Waals surface area contributed by atoms with Crippen molar-refractivity contribution in [1.82, 2.24) is 9.80 Å². The summed E-state index contributed by atoms with van der Waals surface area (Å²) in [5.41, 5.74) is 6.76. The molecule has 0 saturated heterocycles. The largest absolute Gasteiger partial charge is 0.348 e. The summed E-state index contributed by atoms with van der Waals surface area (Å²) in [6.45, 7) is 2.74. The number of carbonyl (C=O) groups is 1. The fourth-order valence-electron chi connectivity index (χ4n) is 1.70. The van der Waals surface area contributed by atoms with Crippen molar-refractivity contribution in [3.63, 3.8) is 0 Å². The summed E-state index contributed by atoms with van der Waals surface area (Å²) in [5, 5.41) is 0. The minimum Gasteiger partial charge on any atom is -0.348 e. The van der Waals surface area contributed by atoms with Crippen molar-refractivity contribution >= 4 is 5.91 Å². The highest BCUT2D eigenvalue weighted by Crippen LogP contribution is 2.05. The Bertz CT molecular complexity index is 351. The van der Waals surface area contributed by atoms with Crippen LogP contribution in [0.1, 0.15) is 12.0 Å². The van der Waals surface area contributed by atoms with E-state index in [-0.39, 0.29) is 5.91 Å². The van der Waals surface area contributed by atoms with Gasteiger partial charge in [0.2, 0.25) is 5.91 Å². The van der Waals surface area contributed by atoms with Gasteiger partial charge in [-0.1, -0.05) is 30.3 Å². The number of rotatable bonds is 7. The van der Waals surface area contributed by atoms with Crippen LogP contribution in [0.5, 0.6) is 0 Å². The third-order valence-corrected chi connectivity index (χ3v) is 2.79. The van der Waals surface area contributed by atoms with Gasteiger partial charge in [0.05, 0.1) is 6.54 Å². The molecule has 18 heavy (non-hydrogen) atoms. The Morgan fingerprint density at radius 3 is 2.44 bits per heavy atom. The highest BCUT2D eigenvalue weighted by atomic mass is 16.2. The first kappa shape index (κ1) is 14.7. The molecule has 1 rings (SSSR count). The highest BCUT2D eigenvalue weighted by Gasteiger charge is 2.12. The van der Waals surface area contributed by atoms with Crippen LogP contribution >= 0.6 is 0 Å². The van der Waals surface area contributed by atoms with Gasteiger partial charge >= 0.3 is 0 Å². The number of benzene rings is 1. The second-order valence-electron chi connectivity index (χ2n) is 4.63. The van der Waals surface area contributed by atoms with E-state index in [1.54, 1.807) is 19.0 Å². The maximum atomic E-state index is 11.8. The maximum absolute atomic E-state index is 11.8. The third kappa shape index (κ3) is 5.29. The summed E-state index contributed by atoms with van der Waals surface area (Å²) in [6.07, 6.45) is 0.910. The van der Waals surface area contributed by atoms with Crippen molar-refractivity contribution in [2.45, 2.75) is 13.0 Å². The number of nitrogens with zero attached hydrogens (tertiary/aromatic N) is 2. The topological polar surface area (TPSA) is 49.6 Å². The lowest BCUT2D eigenvalue weighted by Gasteiger charge is -2.23. The molecule has 0 fully saturated rings. The summed E-state index contributed by atoms with van der Waals surface area (Å²) in [5.74, 6) is 0.128. The predicted octanol–water partition coefficient (Wildman–Crippen LogP) is 0.926. The minimum absolute atomic E-state index is 0.128. The first-order chi connectivity index (χ1) is 8.63. The minimum atomic E-state index is 0.128. The van der Waals surface area contributed by atoms with Crippen molar-refractivity contribution in [1.29, 1.82) is 0 Å². The smallest absolute Gasteiger partial charge is 0.236 e. The molecule has 0 radical (unpaired) electrons. The molecule has 0 saturated carbocycles. The van der Waals surface area contributed by atoms with Crippen molar-refractivity contribution in [2.75, 3.05) is 33.7 Å². The van der Waals surface area contributed by atoms with Crippen LogP contribution in [-0.2, 0) is 11.3 Å².